The van der Waals surface area contributed by atoms with Crippen LogP contribution in [0.5, 0.6) is 5.75 Å². The van der Waals surface area contributed by atoms with Gasteiger partial charge >= 0.3 is 5.97 Å². The number of unbranched alkanes of at least 4 members (excludes halogenated alkanes) is 8. The van der Waals surface area contributed by atoms with Gasteiger partial charge < -0.3 is 4.74 Å². The molecule has 164 valence electrons. The fraction of sp³-hybridized carbons (Fsp3) is 0.556. The first-order valence-corrected chi connectivity index (χ1v) is 11.9. The zero-order valence-corrected chi connectivity index (χ0v) is 19.2. The molecule has 0 aliphatic heterocycles. The number of rotatable bonds is 14. The molecule has 1 aromatic heterocycles. The number of hydrogen-bond donors (Lipinski definition) is 0. The van der Waals surface area contributed by atoms with E-state index in [1.165, 1.54) is 63.4 Å². The predicted octanol–water partition coefficient (Wildman–Crippen LogP) is 7.77. The fourth-order valence-electron chi connectivity index (χ4n) is 3.46. The molecule has 0 saturated carbocycles. The van der Waals surface area contributed by atoms with Crippen molar-refractivity contribution < 1.29 is 9.53 Å². The second kappa shape index (κ2) is 14.0. The van der Waals surface area contributed by atoms with Gasteiger partial charge in [-0.15, -0.1) is 0 Å². The zero-order chi connectivity index (χ0) is 21.6. The molecule has 0 radical (unpaired) electrons. The number of hydrogen-bond acceptors (Lipinski definition) is 3. The molecule has 0 N–H and O–H groups in total. The average Bonchev–Trinajstić information content (AvgIpc) is 2.78. The summed E-state index contributed by atoms with van der Waals surface area (Å²) in [5.74, 6) is 0.333. The Bertz CT molecular complexity index is 722. The van der Waals surface area contributed by atoms with E-state index in [2.05, 4.69) is 24.0 Å². The number of carbonyl (C=O) groups excluding carboxylic acids is 1. The highest BCUT2D eigenvalue weighted by Crippen LogP contribution is 2.22. The average molecular weight is 410 g/mol. The molecule has 0 aliphatic rings. The Hall–Kier alpha value is -2.16. The lowest BCUT2D eigenvalue weighted by molar-refractivity contribution is -0.138. The van der Waals surface area contributed by atoms with Crippen LogP contribution in [0.4, 0.5) is 0 Å². The minimum atomic E-state index is -0.177. The van der Waals surface area contributed by atoms with E-state index < -0.39 is 0 Å². The van der Waals surface area contributed by atoms with E-state index in [0.29, 0.717) is 5.75 Å². The molecule has 30 heavy (non-hydrogen) atoms. The van der Waals surface area contributed by atoms with E-state index in [1.807, 2.05) is 44.3 Å². The van der Waals surface area contributed by atoms with Crippen LogP contribution in [0.1, 0.15) is 90.5 Å². The van der Waals surface area contributed by atoms with Crippen molar-refractivity contribution in [2.75, 3.05) is 0 Å². The van der Waals surface area contributed by atoms with Crippen molar-refractivity contribution >= 4 is 5.97 Å². The minimum Gasteiger partial charge on any atom is -0.426 e. The Morgan fingerprint density at radius 1 is 0.867 bits per heavy atom. The zero-order valence-electron chi connectivity index (χ0n) is 19.2. The quantitative estimate of drug-likeness (QED) is 0.182. The number of benzene rings is 1. The summed E-state index contributed by atoms with van der Waals surface area (Å²) in [6.45, 7) is 6.14. The Kier molecular flexibility index (Phi) is 11.2. The van der Waals surface area contributed by atoms with Crippen molar-refractivity contribution in [3.63, 3.8) is 0 Å². The summed E-state index contributed by atoms with van der Waals surface area (Å²) in [6.07, 6.45) is 16.1. The van der Waals surface area contributed by atoms with Crippen LogP contribution < -0.4 is 4.74 Å². The number of aromatic nitrogens is 1. The molecule has 1 aromatic carbocycles. The van der Waals surface area contributed by atoms with Crippen molar-refractivity contribution in [1.29, 1.82) is 0 Å². The molecular weight excluding hydrogens is 370 g/mol. The normalized spacial score (nSPS) is 12.0. The van der Waals surface area contributed by atoms with Crippen LogP contribution in [0.25, 0.3) is 11.3 Å². The van der Waals surface area contributed by atoms with Gasteiger partial charge in [-0.25, -0.2) is 0 Å². The Balaban J connectivity index is 1.71. The van der Waals surface area contributed by atoms with Crippen molar-refractivity contribution in [2.45, 2.75) is 91.4 Å². The molecule has 0 spiro atoms. The standard InChI is InChI=1S/C27H39NO2/c1-4-6-7-8-9-10-11-12-13-14-23-15-20-26(28-21-23)24-16-18-25(19-17-24)30-27(29)22(3)5-2/h15-22H,4-14H2,1-3H3. The Morgan fingerprint density at radius 3 is 2.07 bits per heavy atom. The molecule has 0 bridgehead atoms. The van der Waals surface area contributed by atoms with Gasteiger partial charge in [0.25, 0.3) is 0 Å². The predicted molar refractivity (Wildman–Crippen MR) is 126 cm³/mol. The topological polar surface area (TPSA) is 39.2 Å². The van der Waals surface area contributed by atoms with Gasteiger partial charge in [-0.05, 0) is 55.2 Å². The lowest BCUT2D eigenvalue weighted by atomic mass is 10.0. The van der Waals surface area contributed by atoms with Gasteiger partial charge in [0.05, 0.1) is 11.6 Å². The summed E-state index contributed by atoms with van der Waals surface area (Å²) in [5.41, 5.74) is 3.29. The molecule has 0 fully saturated rings. The number of aryl methyl sites for hydroxylation is 1. The molecule has 2 aromatic rings. The first kappa shape index (κ1) is 24.1. The highest BCUT2D eigenvalue weighted by Gasteiger charge is 2.13. The minimum absolute atomic E-state index is 0.0790. The van der Waals surface area contributed by atoms with Gasteiger partial charge in [-0.3, -0.25) is 9.78 Å². The summed E-state index contributed by atoms with van der Waals surface area (Å²) in [4.78, 5) is 16.5. The van der Waals surface area contributed by atoms with Crippen molar-refractivity contribution in [1.82, 2.24) is 4.98 Å². The third kappa shape index (κ3) is 8.69. The third-order valence-corrected chi connectivity index (χ3v) is 5.78. The van der Waals surface area contributed by atoms with Crippen LogP contribution in [0, 0.1) is 5.92 Å². The SMILES string of the molecule is CCCCCCCCCCCc1ccc(-c2ccc(OC(=O)C(C)CC)cc2)nc1. The van der Waals surface area contributed by atoms with Crippen LogP contribution >= 0.6 is 0 Å². The van der Waals surface area contributed by atoms with Gasteiger partial charge in [-0.2, -0.15) is 0 Å². The summed E-state index contributed by atoms with van der Waals surface area (Å²) >= 11 is 0. The van der Waals surface area contributed by atoms with E-state index in [0.717, 1.165) is 24.1 Å². The van der Waals surface area contributed by atoms with E-state index in [1.54, 1.807) is 0 Å². The Morgan fingerprint density at radius 2 is 1.50 bits per heavy atom. The maximum absolute atomic E-state index is 11.9. The van der Waals surface area contributed by atoms with E-state index in [-0.39, 0.29) is 11.9 Å². The molecular formula is C27H39NO2. The summed E-state index contributed by atoms with van der Waals surface area (Å²) in [5, 5.41) is 0. The van der Waals surface area contributed by atoms with Crippen LogP contribution in [-0.4, -0.2) is 11.0 Å². The Labute approximate surface area is 183 Å². The third-order valence-electron chi connectivity index (χ3n) is 5.78. The van der Waals surface area contributed by atoms with E-state index in [4.69, 9.17) is 4.74 Å². The maximum atomic E-state index is 11.9. The van der Waals surface area contributed by atoms with Crippen molar-refractivity contribution in [3.8, 4) is 17.0 Å². The number of esters is 1. The molecule has 3 nitrogen and oxygen atoms in total. The molecule has 2 rings (SSSR count). The van der Waals surface area contributed by atoms with Crippen molar-refractivity contribution in [2.24, 2.45) is 5.92 Å². The first-order chi connectivity index (χ1) is 14.6. The number of ether oxygens (including phenoxy) is 1. The van der Waals surface area contributed by atoms with Crippen molar-refractivity contribution in [3.05, 3.63) is 48.2 Å². The lowest BCUT2D eigenvalue weighted by Crippen LogP contribution is -2.16. The first-order valence-electron chi connectivity index (χ1n) is 11.9. The lowest BCUT2D eigenvalue weighted by Gasteiger charge is -2.09. The second-order valence-electron chi connectivity index (χ2n) is 8.38. The molecule has 3 heteroatoms. The van der Waals surface area contributed by atoms with E-state index in [9.17, 15) is 4.79 Å². The van der Waals surface area contributed by atoms with Gasteiger partial charge in [-0.1, -0.05) is 78.2 Å². The molecule has 1 unspecified atom stereocenters. The number of pyridine rings is 1. The van der Waals surface area contributed by atoms with Gasteiger partial charge in [0.15, 0.2) is 0 Å². The van der Waals surface area contributed by atoms with Gasteiger partial charge in [0.1, 0.15) is 5.75 Å². The smallest absolute Gasteiger partial charge is 0.314 e. The van der Waals surface area contributed by atoms with Crippen LogP contribution in [-0.2, 0) is 11.2 Å². The summed E-state index contributed by atoms with van der Waals surface area (Å²) in [7, 11) is 0. The number of nitrogens with zero attached hydrogens (tertiary/aromatic N) is 1. The fourth-order valence-corrected chi connectivity index (χ4v) is 3.46. The van der Waals surface area contributed by atoms with Crippen LogP contribution in [0.2, 0.25) is 0 Å². The molecule has 1 heterocycles. The summed E-state index contributed by atoms with van der Waals surface area (Å²) in [6, 6.07) is 11.9. The maximum Gasteiger partial charge on any atom is 0.314 e. The molecule has 0 amide bonds. The van der Waals surface area contributed by atoms with Gasteiger partial charge in [0.2, 0.25) is 0 Å². The highest BCUT2D eigenvalue weighted by atomic mass is 16.5. The number of carbonyl (C=O) groups is 1. The molecule has 1 atom stereocenters. The second-order valence-corrected chi connectivity index (χ2v) is 8.38. The summed E-state index contributed by atoms with van der Waals surface area (Å²) < 4.78 is 5.41. The monoisotopic (exact) mass is 409 g/mol. The molecule has 0 saturated heterocycles. The van der Waals surface area contributed by atoms with Crippen LogP contribution in [0.15, 0.2) is 42.6 Å². The van der Waals surface area contributed by atoms with Crippen LogP contribution in [0.3, 0.4) is 0 Å². The molecule has 0 aliphatic carbocycles. The van der Waals surface area contributed by atoms with E-state index >= 15 is 0 Å². The largest absolute Gasteiger partial charge is 0.426 e. The highest BCUT2D eigenvalue weighted by molar-refractivity contribution is 5.75. The van der Waals surface area contributed by atoms with Gasteiger partial charge in [0, 0.05) is 11.8 Å².